The van der Waals surface area contributed by atoms with Gasteiger partial charge < -0.3 is 14.9 Å². The van der Waals surface area contributed by atoms with Crippen LogP contribution in [0.15, 0.2) is 24.3 Å². The third kappa shape index (κ3) is 6.36. The normalized spacial score (nSPS) is 11.6. The molecule has 2 N–H and O–H groups in total. The van der Waals surface area contributed by atoms with E-state index in [0.717, 1.165) is 25.9 Å². The summed E-state index contributed by atoms with van der Waals surface area (Å²) in [6, 6.07) is 8.52. The lowest BCUT2D eigenvalue weighted by Gasteiger charge is -2.21. The van der Waals surface area contributed by atoms with Crippen molar-refractivity contribution in [1.29, 1.82) is 0 Å². The highest BCUT2D eigenvalue weighted by Gasteiger charge is 2.01. The second kappa shape index (κ2) is 8.24. The molecule has 0 heterocycles. The molecule has 0 aliphatic rings. The fraction of sp³-hybridized carbons (Fsp3) is 0.571. The Bertz CT molecular complexity index is 482. The molecule has 0 aliphatic heterocycles. The van der Waals surface area contributed by atoms with Crippen LogP contribution in [0.4, 0.5) is 5.69 Å². The molecule has 0 saturated heterocycles. The molecule has 0 aromatic heterocycles. The third-order valence-corrected chi connectivity index (χ3v) is 3.76. The third-order valence-electron chi connectivity index (χ3n) is 3.10. The van der Waals surface area contributed by atoms with Gasteiger partial charge >= 0.3 is 0 Å². The number of hydrogen-bond acceptors (Lipinski definition) is 3. The molecular formula is C14H25N3O2S. The van der Waals surface area contributed by atoms with Crippen molar-refractivity contribution in [3.63, 3.8) is 0 Å². The second-order valence-electron chi connectivity index (χ2n) is 4.71. The van der Waals surface area contributed by atoms with Crippen LogP contribution in [0.25, 0.3) is 4.72 Å². The zero-order valence-electron chi connectivity index (χ0n) is 12.5. The van der Waals surface area contributed by atoms with Crippen molar-refractivity contribution in [2.45, 2.75) is 20.4 Å². The van der Waals surface area contributed by atoms with E-state index < -0.39 is 10.0 Å². The standard InChI is InChI=1S/C14H24N3O2S/c1-4-17(5-2)14-8-6-13(7-9-14)12-15-10-11-16-20(3,18)19/h6-9,15H,4-5,10-12H2,1-3H3/q-1/p+1. The van der Waals surface area contributed by atoms with Gasteiger partial charge in [-0.2, -0.15) is 0 Å². The van der Waals surface area contributed by atoms with Gasteiger partial charge in [0.05, 0.1) is 16.6 Å². The van der Waals surface area contributed by atoms with Crippen LogP contribution in [-0.4, -0.2) is 40.9 Å². The number of benzene rings is 1. The first kappa shape index (κ1) is 16.9. The zero-order chi connectivity index (χ0) is 15.0. The van der Waals surface area contributed by atoms with Crippen LogP contribution < -0.4 is 10.2 Å². The smallest absolute Gasteiger partial charge is 0.101 e. The van der Waals surface area contributed by atoms with E-state index in [1.165, 1.54) is 11.3 Å². The molecule has 0 amide bonds. The Morgan fingerprint density at radius 1 is 1.15 bits per heavy atom. The Balaban J connectivity index is 2.35. The molecule has 114 valence electrons. The number of nitrogens with two attached hydrogens (primary N) is 1. The summed E-state index contributed by atoms with van der Waals surface area (Å²) in [7, 11) is -3.19. The molecule has 0 bridgehead atoms. The van der Waals surface area contributed by atoms with Crippen molar-refractivity contribution in [3.05, 3.63) is 34.6 Å². The summed E-state index contributed by atoms with van der Waals surface area (Å²) >= 11 is 0. The molecule has 0 unspecified atom stereocenters. The van der Waals surface area contributed by atoms with Gasteiger partial charge in [0.25, 0.3) is 0 Å². The Morgan fingerprint density at radius 2 is 1.75 bits per heavy atom. The molecule has 0 fully saturated rings. The molecule has 6 heteroatoms. The first-order valence-corrected chi connectivity index (χ1v) is 8.85. The molecule has 1 aromatic rings. The molecule has 5 nitrogen and oxygen atoms in total. The largest absolute Gasteiger partial charge is 0.545 e. The number of sulfonamides is 1. The van der Waals surface area contributed by atoms with Crippen molar-refractivity contribution in [2.24, 2.45) is 0 Å². The lowest BCUT2D eigenvalue weighted by atomic mass is 10.2. The minimum Gasteiger partial charge on any atom is -0.545 e. The van der Waals surface area contributed by atoms with Crippen molar-refractivity contribution in [1.82, 2.24) is 0 Å². The SMILES string of the molecule is CCN(CC)c1ccc(C[NH2+]CC[N-]S(C)(=O)=O)cc1. The number of rotatable bonds is 9. The van der Waals surface area contributed by atoms with E-state index in [2.05, 4.69) is 53.1 Å². The summed E-state index contributed by atoms with van der Waals surface area (Å²) < 4.78 is 25.3. The van der Waals surface area contributed by atoms with Crippen molar-refractivity contribution < 1.29 is 13.7 Å². The van der Waals surface area contributed by atoms with Crippen molar-refractivity contribution >= 4 is 15.7 Å². The number of quaternary nitrogens is 1. The monoisotopic (exact) mass is 299 g/mol. The first-order chi connectivity index (χ1) is 9.46. The zero-order valence-corrected chi connectivity index (χ0v) is 13.4. The fourth-order valence-electron chi connectivity index (χ4n) is 2.01. The molecule has 0 spiro atoms. The minimum atomic E-state index is -3.19. The Hall–Kier alpha value is -1.11. The summed E-state index contributed by atoms with van der Waals surface area (Å²) in [5.74, 6) is 0. The molecule has 1 rings (SSSR count). The maximum atomic E-state index is 10.8. The maximum absolute atomic E-state index is 10.8. The van der Waals surface area contributed by atoms with Crippen LogP contribution in [0.3, 0.4) is 0 Å². The van der Waals surface area contributed by atoms with Crippen LogP contribution in [0, 0.1) is 0 Å². The number of anilines is 1. The van der Waals surface area contributed by atoms with Gasteiger partial charge in [0.1, 0.15) is 6.54 Å². The Morgan fingerprint density at radius 3 is 2.25 bits per heavy atom. The molecule has 0 radical (unpaired) electrons. The first-order valence-electron chi connectivity index (χ1n) is 7.00. The highest BCUT2D eigenvalue weighted by atomic mass is 32.2. The molecule has 0 atom stereocenters. The molecule has 0 saturated carbocycles. The average Bonchev–Trinajstić information content (AvgIpc) is 2.40. The Labute approximate surface area is 122 Å². The summed E-state index contributed by atoms with van der Waals surface area (Å²) in [6.07, 6.45) is 1.12. The van der Waals surface area contributed by atoms with E-state index in [9.17, 15) is 8.42 Å². The van der Waals surface area contributed by atoms with Gasteiger partial charge in [-0.3, -0.25) is 0 Å². The van der Waals surface area contributed by atoms with Crippen LogP contribution in [0.5, 0.6) is 0 Å². The highest BCUT2D eigenvalue weighted by Crippen LogP contribution is 2.14. The van der Waals surface area contributed by atoms with Gasteiger partial charge in [0, 0.05) is 30.6 Å². The number of hydrogen-bond donors (Lipinski definition) is 1. The summed E-state index contributed by atoms with van der Waals surface area (Å²) in [5, 5.41) is 2.07. The lowest BCUT2D eigenvalue weighted by molar-refractivity contribution is -0.667. The molecule has 20 heavy (non-hydrogen) atoms. The van der Waals surface area contributed by atoms with E-state index in [0.29, 0.717) is 13.1 Å². The summed E-state index contributed by atoms with van der Waals surface area (Å²) in [4.78, 5) is 2.30. The van der Waals surface area contributed by atoms with Crippen LogP contribution in [0.1, 0.15) is 19.4 Å². The topological polar surface area (TPSA) is 68.1 Å². The molecular weight excluding hydrogens is 274 g/mol. The van der Waals surface area contributed by atoms with Crippen molar-refractivity contribution in [2.75, 3.05) is 37.3 Å². The summed E-state index contributed by atoms with van der Waals surface area (Å²) in [5.41, 5.74) is 2.48. The van der Waals surface area contributed by atoms with Gasteiger partial charge in [0.2, 0.25) is 0 Å². The van der Waals surface area contributed by atoms with E-state index >= 15 is 0 Å². The fourth-order valence-corrected chi connectivity index (χ4v) is 2.45. The van der Waals surface area contributed by atoms with Gasteiger partial charge in [-0.05, 0) is 26.0 Å². The minimum absolute atomic E-state index is 0.344. The van der Waals surface area contributed by atoms with Crippen LogP contribution in [-0.2, 0) is 16.6 Å². The van der Waals surface area contributed by atoms with Gasteiger partial charge in [-0.1, -0.05) is 18.7 Å². The van der Waals surface area contributed by atoms with E-state index in [1.54, 1.807) is 0 Å². The van der Waals surface area contributed by atoms with Crippen molar-refractivity contribution in [3.8, 4) is 0 Å². The van der Waals surface area contributed by atoms with Gasteiger partial charge in [-0.25, -0.2) is 8.42 Å². The van der Waals surface area contributed by atoms with Gasteiger partial charge in [-0.15, -0.1) is 0 Å². The van der Waals surface area contributed by atoms with E-state index in [1.807, 2.05) is 0 Å². The van der Waals surface area contributed by atoms with Crippen LogP contribution in [0.2, 0.25) is 0 Å². The molecule has 1 aromatic carbocycles. The predicted molar refractivity (Wildman–Crippen MR) is 83.6 cm³/mol. The predicted octanol–water partition coefficient (Wildman–Crippen LogP) is 0.930. The van der Waals surface area contributed by atoms with Crippen LogP contribution >= 0.6 is 0 Å². The Kier molecular flexibility index (Phi) is 6.98. The van der Waals surface area contributed by atoms with E-state index in [-0.39, 0.29) is 0 Å². The average molecular weight is 299 g/mol. The summed E-state index contributed by atoms with van der Waals surface area (Å²) in [6.45, 7) is 8.19. The van der Waals surface area contributed by atoms with E-state index in [4.69, 9.17) is 0 Å². The molecule has 0 aliphatic carbocycles. The highest BCUT2D eigenvalue weighted by molar-refractivity contribution is 7.93. The second-order valence-corrected chi connectivity index (χ2v) is 6.43. The maximum Gasteiger partial charge on any atom is 0.101 e. The quantitative estimate of drug-likeness (QED) is 0.690. The van der Waals surface area contributed by atoms with Gasteiger partial charge in [0.15, 0.2) is 0 Å². The lowest BCUT2D eigenvalue weighted by Crippen LogP contribution is -2.83. The number of nitrogens with zero attached hydrogens (tertiary/aromatic N) is 2.